The quantitative estimate of drug-likeness (QED) is 0.473. The van der Waals surface area contributed by atoms with Crippen molar-refractivity contribution in [3.8, 4) is 0 Å². The lowest BCUT2D eigenvalue weighted by molar-refractivity contribution is -0.141. The Hall–Kier alpha value is -0.860. The van der Waals surface area contributed by atoms with Crippen LogP contribution in [0.3, 0.4) is 0 Å². The smallest absolute Gasteiger partial charge is 0.336 e. The fourth-order valence-corrected chi connectivity index (χ4v) is 0.392. The molecule has 3 heteroatoms. The Bertz CT molecular complexity index is 124. The minimum absolute atomic E-state index is 0.229. The maximum Gasteiger partial charge on any atom is 0.336 e. The molecule has 0 saturated carbocycles. The van der Waals surface area contributed by atoms with Gasteiger partial charge in [-0.1, -0.05) is 0 Å². The van der Waals surface area contributed by atoms with Crippen LogP contribution >= 0.6 is 0 Å². The van der Waals surface area contributed by atoms with E-state index in [1.165, 1.54) is 0 Å². The van der Waals surface area contributed by atoms with Crippen LogP contribution in [0.2, 0.25) is 0 Å². The topological polar surface area (TPSA) is 38.7 Å². The van der Waals surface area contributed by atoms with E-state index in [4.69, 9.17) is 0 Å². The number of carbonyl (C=O) groups excluding carboxylic acids is 1. The third-order valence-electron chi connectivity index (χ3n) is 0.826. The maximum atomic E-state index is 10.5. The average molecular weight is 113 g/mol. The second-order valence-corrected chi connectivity index (χ2v) is 1.50. The Morgan fingerprint density at radius 2 is 2.62 bits per heavy atom. The Balaban J connectivity index is 2.14. The predicted molar refractivity (Wildman–Crippen MR) is 28.9 cm³/mol. The minimum Gasteiger partial charge on any atom is -0.464 e. The molecule has 0 aromatic rings. The predicted octanol–water partition coefficient (Wildman–Crippen LogP) is 0.00250. The molecule has 0 N–H and O–H groups in total. The van der Waals surface area contributed by atoms with E-state index < -0.39 is 0 Å². The lowest BCUT2D eigenvalue weighted by Crippen LogP contribution is -2.11. The van der Waals surface area contributed by atoms with E-state index in [2.05, 4.69) is 9.73 Å². The van der Waals surface area contributed by atoms with Crippen LogP contribution in [0.1, 0.15) is 6.92 Å². The van der Waals surface area contributed by atoms with Crippen molar-refractivity contribution in [3.05, 3.63) is 0 Å². The van der Waals surface area contributed by atoms with Crippen LogP contribution in [-0.4, -0.2) is 24.8 Å². The molecule has 0 fully saturated rings. The van der Waals surface area contributed by atoms with Crippen molar-refractivity contribution < 1.29 is 9.53 Å². The summed E-state index contributed by atoms with van der Waals surface area (Å²) < 4.78 is 4.60. The molecule has 0 aromatic heterocycles. The van der Waals surface area contributed by atoms with E-state index in [1.54, 1.807) is 13.1 Å². The minimum atomic E-state index is -0.241. The Labute approximate surface area is 47.4 Å². The summed E-state index contributed by atoms with van der Waals surface area (Å²) in [6, 6.07) is -0.241. The highest BCUT2D eigenvalue weighted by atomic mass is 16.5. The SMILES string of the molecule is CCOC(=O)C1C=N1. The highest BCUT2D eigenvalue weighted by molar-refractivity contribution is 6.03. The zero-order chi connectivity index (χ0) is 5.98. The molecule has 1 unspecified atom stereocenters. The summed E-state index contributed by atoms with van der Waals surface area (Å²) in [7, 11) is 0. The van der Waals surface area contributed by atoms with Gasteiger partial charge in [0, 0.05) is 6.21 Å². The fraction of sp³-hybridized carbons (Fsp3) is 0.600. The van der Waals surface area contributed by atoms with E-state index in [9.17, 15) is 4.79 Å². The van der Waals surface area contributed by atoms with Crippen LogP contribution in [0.5, 0.6) is 0 Å². The average Bonchev–Trinajstić information content (AvgIpc) is 2.45. The van der Waals surface area contributed by atoms with Gasteiger partial charge >= 0.3 is 5.97 Å². The number of nitrogens with zero attached hydrogens (tertiary/aromatic N) is 1. The molecule has 8 heavy (non-hydrogen) atoms. The molecule has 0 spiro atoms. The van der Waals surface area contributed by atoms with Crippen LogP contribution in [0, 0.1) is 0 Å². The summed E-state index contributed by atoms with van der Waals surface area (Å²) in [4.78, 5) is 14.1. The van der Waals surface area contributed by atoms with E-state index in [0.29, 0.717) is 6.61 Å². The highest BCUT2D eigenvalue weighted by Gasteiger charge is 2.23. The van der Waals surface area contributed by atoms with E-state index in [1.807, 2.05) is 0 Å². The van der Waals surface area contributed by atoms with Gasteiger partial charge in [-0.3, -0.25) is 4.99 Å². The van der Waals surface area contributed by atoms with Crippen molar-refractivity contribution in [3.63, 3.8) is 0 Å². The highest BCUT2D eigenvalue weighted by Crippen LogP contribution is 2.02. The molecule has 1 heterocycles. The van der Waals surface area contributed by atoms with Gasteiger partial charge in [-0.05, 0) is 6.92 Å². The number of esters is 1. The molecule has 1 rings (SSSR count). The third kappa shape index (κ3) is 1.05. The lowest BCUT2D eigenvalue weighted by atomic mass is 10.5. The number of aliphatic imine (C=N–C) groups is 1. The molecular weight excluding hydrogens is 106 g/mol. The Morgan fingerprint density at radius 3 is 3.00 bits per heavy atom. The molecule has 1 aliphatic rings. The van der Waals surface area contributed by atoms with Crippen molar-refractivity contribution in [2.24, 2.45) is 4.99 Å². The maximum absolute atomic E-state index is 10.5. The number of hydrogen-bond acceptors (Lipinski definition) is 3. The number of rotatable bonds is 2. The first-order valence-corrected chi connectivity index (χ1v) is 2.54. The molecule has 0 aromatic carbocycles. The lowest BCUT2D eigenvalue weighted by Gasteiger charge is -1.94. The van der Waals surface area contributed by atoms with Crippen molar-refractivity contribution in [2.45, 2.75) is 13.0 Å². The molecule has 1 atom stereocenters. The molecular formula is C5H7NO2. The van der Waals surface area contributed by atoms with Gasteiger partial charge in [0.2, 0.25) is 0 Å². The molecule has 1 aliphatic heterocycles. The van der Waals surface area contributed by atoms with Crippen LogP contribution < -0.4 is 0 Å². The first-order valence-electron chi connectivity index (χ1n) is 2.54. The molecule has 0 amide bonds. The van der Waals surface area contributed by atoms with Gasteiger partial charge < -0.3 is 4.74 Å². The Kier molecular flexibility index (Phi) is 1.28. The van der Waals surface area contributed by atoms with Crippen molar-refractivity contribution in [1.82, 2.24) is 0 Å². The van der Waals surface area contributed by atoms with Gasteiger partial charge in [0.25, 0.3) is 0 Å². The van der Waals surface area contributed by atoms with Crippen LogP contribution in [-0.2, 0) is 9.53 Å². The Morgan fingerprint density at radius 1 is 2.00 bits per heavy atom. The molecule has 0 radical (unpaired) electrons. The first-order chi connectivity index (χ1) is 3.84. The zero-order valence-electron chi connectivity index (χ0n) is 4.63. The standard InChI is InChI=1S/C5H7NO2/c1-2-8-5(7)4-3-6-4/h3-4H,2H2,1H3. The monoisotopic (exact) mass is 113 g/mol. The summed E-state index contributed by atoms with van der Waals surface area (Å²) in [5.41, 5.74) is 0. The summed E-state index contributed by atoms with van der Waals surface area (Å²) in [5.74, 6) is -0.229. The van der Waals surface area contributed by atoms with Gasteiger partial charge in [-0.25, -0.2) is 4.79 Å². The van der Waals surface area contributed by atoms with Gasteiger partial charge in [-0.2, -0.15) is 0 Å². The molecule has 44 valence electrons. The largest absolute Gasteiger partial charge is 0.464 e. The van der Waals surface area contributed by atoms with Crippen LogP contribution in [0.4, 0.5) is 0 Å². The second kappa shape index (κ2) is 1.94. The first kappa shape index (κ1) is 5.28. The number of ether oxygens (including phenoxy) is 1. The third-order valence-corrected chi connectivity index (χ3v) is 0.826. The fourth-order valence-electron chi connectivity index (χ4n) is 0.392. The van der Waals surface area contributed by atoms with E-state index in [0.717, 1.165) is 0 Å². The summed E-state index contributed by atoms with van der Waals surface area (Å²) >= 11 is 0. The summed E-state index contributed by atoms with van der Waals surface area (Å²) in [6.07, 6.45) is 1.57. The summed E-state index contributed by atoms with van der Waals surface area (Å²) in [5, 5.41) is 0. The number of carbonyl (C=O) groups is 1. The van der Waals surface area contributed by atoms with Gasteiger partial charge in [0.15, 0.2) is 6.04 Å². The molecule has 0 bridgehead atoms. The zero-order valence-corrected chi connectivity index (χ0v) is 4.63. The van der Waals surface area contributed by atoms with E-state index in [-0.39, 0.29) is 12.0 Å². The molecule has 0 aliphatic carbocycles. The molecule has 3 nitrogen and oxygen atoms in total. The van der Waals surface area contributed by atoms with Gasteiger partial charge in [0.1, 0.15) is 0 Å². The van der Waals surface area contributed by atoms with Gasteiger partial charge in [0.05, 0.1) is 6.61 Å². The van der Waals surface area contributed by atoms with E-state index >= 15 is 0 Å². The molecule has 0 saturated heterocycles. The van der Waals surface area contributed by atoms with Crippen molar-refractivity contribution >= 4 is 12.2 Å². The van der Waals surface area contributed by atoms with Crippen LogP contribution in [0.15, 0.2) is 4.99 Å². The second-order valence-electron chi connectivity index (χ2n) is 1.50. The van der Waals surface area contributed by atoms with Crippen molar-refractivity contribution in [1.29, 1.82) is 0 Å². The number of hydrogen-bond donors (Lipinski definition) is 0. The normalized spacial score (nSPS) is 22.9. The summed E-state index contributed by atoms with van der Waals surface area (Å²) in [6.45, 7) is 2.22. The van der Waals surface area contributed by atoms with Gasteiger partial charge in [-0.15, -0.1) is 0 Å². The van der Waals surface area contributed by atoms with Crippen molar-refractivity contribution in [2.75, 3.05) is 6.61 Å². The van der Waals surface area contributed by atoms with Crippen LogP contribution in [0.25, 0.3) is 0 Å².